The van der Waals surface area contributed by atoms with Crippen LogP contribution in [0.4, 0.5) is 0 Å². The number of piperidine rings is 1. The average Bonchev–Trinajstić information content (AvgIpc) is 2.34. The zero-order valence-corrected chi connectivity index (χ0v) is 11.6. The van der Waals surface area contributed by atoms with E-state index in [4.69, 9.17) is 5.26 Å². The Morgan fingerprint density at radius 2 is 1.81 bits per heavy atom. The first kappa shape index (κ1) is 17.4. The second kappa shape index (κ2) is 9.21. The highest BCUT2D eigenvalue weighted by Crippen LogP contribution is 2.28. The molecule has 0 saturated carbocycles. The van der Waals surface area contributed by atoms with Crippen molar-refractivity contribution in [2.75, 3.05) is 13.1 Å². The molecule has 1 aliphatic heterocycles. The lowest BCUT2D eigenvalue weighted by Gasteiger charge is -2.35. The fourth-order valence-corrected chi connectivity index (χ4v) is 1.60. The second-order valence-electron chi connectivity index (χ2n) is 3.72. The van der Waals surface area contributed by atoms with Crippen LogP contribution in [0.5, 0.6) is 0 Å². The van der Waals surface area contributed by atoms with Crippen molar-refractivity contribution in [2.45, 2.75) is 54.4 Å². The lowest BCUT2D eigenvalue weighted by Crippen LogP contribution is -2.43. The van der Waals surface area contributed by atoms with Crippen LogP contribution in [0.2, 0.25) is 0 Å². The Hall–Kier alpha value is -1.04. The molecule has 0 aromatic heterocycles. The molecule has 0 aromatic rings. The van der Waals surface area contributed by atoms with Crippen LogP contribution in [0.25, 0.3) is 0 Å². The van der Waals surface area contributed by atoms with Crippen LogP contribution in [0.3, 0.4) is 0 Å². The minimum atomic E-state index is -0.316. The molecule has 0 bridgehead atoms. The summed E-state index contributed by atoms with van der Waals surface area (Å²) in [5.41, 5.74) is -0.316. The smallest absolute Gasteiger partial charge is 0.219 e. The third-order valence-corrected chi connectivity index (χ3v) is 2.41. The molecule has 1 fully saturated rings. The van der Waals surface area contributed by atoms with E-state index in [0.717, 1.165) is 19.4 Å². The van der Waals surface area contributed by atoms with Gasteiger partial charge in [0.25, 0.3) is 0 Å². The van der Waals surface area contributed by atoms with E-state index in [1.165, 1.54) is 0 Å². The van der Waals surface area contributed by atoms with Crippen molar-refractivity contribution in [3.63, 3.8) is 0 Å². The van der Waals surface area contributed by atoms with E-state index in [1.807, 2.05) is 34.6 Å². The summed E-state index contributed by atoms with van der Waals surface area (Å²) in [6.07, 6.45) is 1.86. The van der Waals surface area contributed by atoms with Crippen LogP contribution in [0.1, 0.15) is 54.4 Å². The zero-order chi connectivity index (χ0) is 13.2. The average molecular weight is 226 g/mol. The summed E-state index contributed by atoms with van der Waals surface area (Å²) in [4.78, 5) is 12.8. The summed E-state index contributed by atoms with van der Waals surface area (Å²) in [6.45, 7) is 12.9. The molecule has 3 heteroatoms. The standard InChI is InChI=1S/C9H14N2O.2C2H6/c1-8(12)11-5-3-4-9(2,6-10)7-11;2*1-2/h3-5,7H2,1-2H3;2*1-2H3. The fourth-order valence-electron chi connectivity index (χ4n) is 1.60. The molecule has 0 radical (unpaired) electrons. The molecule has 3 nitrogen and oxygen atoms in total. The predicted octanol–water partition coefficient (Wildman–Crippen LogP) is 3.21. The molecule has 1 heterocycles. The van der Waals surface area contributed by atoms with Gasteiger partial charge in [-0.2, -0.15) is 5.26 Å². The lowest BCUT2D eigenvalue weighted by molar-refractivity contribution is -0.131. The minimum Gasteiger partial charge on any atom is -0.341 e. The van der Waals surface area contributed by atoms with Crippen molar-refractivity contribution < 1.29 is 4.79 Å². The van der Waals surface area contributed by atoms with Crippen LogP contribution >= 0.6 is 0 Å². The van der Waals surface area contributed by atoms with E-state index < -0.39 is 0 Å². The van der Waals surface area contributed by atoms with Crippen molar-refractivity contribution >= 4 is 5.91 Å². The number of nitrogens with zero attached hydrogens (tertiary/aromatic N) is 2. The summed E-state index contributed by atoms with van der Waals surface area (Å²) < 4.78 is 0. The van der Waals surface area contributed by atoms with Gasteiger partial charge in [0.15, 0.2) is 0 Å². The van der Waals surface area contributed by atoms with Gasteiger partial charge in [-0.25, -0.2) is 0 Å². The fraction of sp³-hybridized carbons (Fsp3) is 0.846. The molecular formula is C13H26N2O. The molecule has 0 aromatic carbocycles. The first-order valence-electron chi connectivity index (χ1n) is 6.24. The third kappa shape index (κ3) is 5.75. The van der Waals surface area contributed by atoms with E-state index in [9.17, 15) is 4.79 Å². The van der Waals surface area contributed by atoms with Crippen LogP contribution in [-0.2, 0) is 4.79 Å². The van der Waals surface area contributed by atoms with Gasteiger partial charge in [0.05, 0.1) is 11.5 Å². The highest BCUT2D eigenvalue weighted by Gasteiger charge is 2.31. The Balaban J connectivity index is 0. The Morgan fingerprint density at radius 1 is 1.31 bits per heavy atom. The van der Waals surface area contributed by atoms with Gasteiger partial charge in [-0.05, 0) is 19.8 Å². The predicted molar refractivity (Wildman–Crippen MR) is 67.9 cm³/mol. The molecule has 1 saturated heterocycles. The summed E-state index contributed by atoms with van der Waals surface area (Å²) >= 11 is 0. The quantitative estimate of drug-likeness (QED) is 0.636. The van der Waals surface area contributed by atoms with Crippen molar-refractivity contribution in [3.05, 3.63) is 0 Å². The first-order chi connectivity index (χ1) is 7.57. The SMILES string of the molecule is CC.CC.CC(=O)N1CCCC(C)(C#N)C1. The Labute approximate surface area is 100 Å². The van der Waals surface area contributed by atoms with E-state index in [2.05, 4.69) is 6.07 Å². The topological polar surface area (TPSA) is 44.1 Å². The molecule has 1 rings (SSSR count). The second-order valence-corrected chi connectivity index (χ2v) is 3.72. The Morgan fingerprint density at radius 3 is 2.19 bits per heavy atom. The van der Waals surface area contributed by atoms with Gasteiger partial charge < -0.3 is 4.90 Å². The van der Waals surface area contributed by atoms with E-state index >= 15 is 0 Å². The number of hydrogen-bond donors (Lipinski definition) is 0. The number of nitriles is 1. The van der Waals surface area contributed by atoms with E-state index in [0.29, 0.717) is 6.54 Å². The van der Waals surface area contributed by atoms with Crippen molar-refractivity contribution in [3.8, 4) is 6.07 Å². The molecule has 16 heavy (non-hydrogen) atoms. The highest BCUT2D eigenvalue weighted by molar-refractivity contribution is 5.73. The Bertz CT molecular complexity index is 233. The lowest BCUT2D eigenvalue weighted by atomic mass is 9.83. The van der Waals surface area contributed by atoms with Crippen LogP contribution in [0, 0.1) is 16.7 Å². The van der Waals surface area contributed by atoms with Crippen LogP contribution < -0.4 is 0 Å². The number of amides is 1. The largest absolute Gasteiger partial charge is 0.341 e. The maximum atomic E-state index is 11.0. The zero-order valence-electron chi connectivity index (χ0n) is 11.6. The molecule has 1 amide bonds. The van der Waals surface area contributed by atoms with Gasteiger partial charge in [0.2, 0.25) is 5.91 Å². The van der Waals surface area contributed by atoms with Crippen molar-refractivity contribution in [1.29, 1.82) is 5.26 Å². The number of hydrogen-bond acceptors (Lipinski definition) is 2. The normalized spacial score (nSPS) is 22.9. The molecular weight excluding hydrogens is 200 g/mol. The van der Waals surface area contributed by atoms with Crippen LogP contribution in [0.15, 0.2) is 0 Å². The van der Waals surface area contributed by atoms with Gasteiger partial charge in [-0.15, -0.1) is 0 Å². The number of carbonyl (C=O) groups excluding carboxylic acids is 1. The molecule has 0 aliphatic carbocycles. The number of rotatable bonds is 0. The number of likely N-dealkylation sites (tertiary alicyclic amines) is 1. The summed E-state index contributed by atoms with van der Waals surface area (Å²) in [7, 11) is 0. The van der Waals surface area contributed by atoms with Gasteiger partial charge in [0, 0.05) is 20.0 Å². The molecule has 94 valence electrons. The molecule has 0 spiro atoms. The van der Waals surface area contributed by atoms with Gasteiger partial charge >= 0.3 is 0 Å². The van der Waals surface area contributed by atoms with E-state index in [-0.39, 0.29) is 11.3 Å². The summed E-state index contributed by atoms with van der Waals surface area (Å²) in [5, 5.41) is 8.86. The van der Waals surface area contributed by atoms with Crippen LogP contribution in [-0.4, -0.2) is 23.9 Å². The number of carbonyl (C=O) groups is 1. The Kier molecular flexibility index (Phi) is 9.99. The molecule has 1 unspecified atom stereocenters. The van der Waals surface area contributed by atoms with Gasteiger partial charge in [-0.3, -0.25) is 4.79 Å². The van der Waals surface area contributed by atoms with Crippen molar-refractivity contribution in [2.24, 2.45) is 5.41 Å². The first-order valence-corrected chi connectivity index (χ1v) is 6.24. The van der Waals surface area contributed by atoms with E-state index in [1.54, 1.807) is 11.8 Å². The minimum absolute atomic E-state index is 0.0798. The molecule has 1 atom stereocenters. The molecule has 1 aliphatic rings. The maximum Gasteiger partial charge on any atom is 0.219 e. The maximum absolute atomic E-state index is 11.0. The summed E-state index contributed by atoms with van der Waals surface area (Å²) in [5.74, 6) is 0.0798. The third-order valence-electron chi connectivity index (χ3n) is 2.41. The van der Waals surface area contributed by atoms with Gasteiger partial charge in [-0.1, -0.05) is 27.7 Å². The van der Waals surface area contributed by atoms with Gasteiger partial charge in [0.1, 0.15) is 0 Å². The summed E-state index contributed by atoms with van der Waals surface area (Å²) in [6, 6.07) is 2.27. The highest BCUT2D eigenvalue weighted by atomic mass is 16.2. The monoisotopic (exact) mass is 226 g/mol. The van der Waals surface area contributed by atoms with Crippen molar-refractivity contribution in [1.82, 2.24) is 4.90 Å². The molecule has 0 N–H and O–H groups in total.